The van der Waals surface area contributed by atoms with Crippen LogP contribution < -0.4 is 5.32 Å². The molecule has 0 aliphatic carbocycles. The minimum Gasteiger partial charge on any atom is -0.369 e. The SMILES string of the molecule is CCn1c2ccccc2c2c3c(c(-c4ccccc4Cl)cc21)C(=O)NC3O. The van der Waals surface area contributed by atoms with Crippen molar-refractivity contribution in [3.8, 4) is 11.1 Å². The van der Waals surface area contributed by atoms with Gasteiger partial charge in [-0.1, -0.05) is 48.0 Å². The Balaban J connectivity index is 2.02. The average Bonchev–Trinajstić information content (AvgIpc) is 3.15. The van der Waals surface area contributed by atoms with E-state index in [9.17, 15) is 9.90 Å². The third-order valence-corrected chi connectivity index (χ3v) is 5.68. The summed E-state index contributed by atoms with van der Waals surface area (Å²) in [6.07, 6.45) is -1.03. The van der Waals surface area contributed by atoms with Crippen molar-refractivity contribution in [2.75, 3.05) is 0 Å². The van der Waals surface area contributed by atoms with Crippen molar-refractivity contribution in [2.24, 2.45) is 0 Å². The summed E-state index contributed by atoms with van der Waals surface area (Å²) >= 11 is 6.45. The molecule has 0 fully saturated rings. The first-order valence-electron chi connectivity index (χ1n) is 8.93. The molecule has 1 aliphatic rings. The third-order valence-electron chi connectivity index (χ3n) is 5.35. The van der Waals surface area contributed by atoms with Crippen LogP contribution in [0.1, 0.15) is 29.1 Å². The predicted octanol–water partition coefficient (Wildman–Crippen LogP) is 4.87. The number of hydrogen-bond acceptors (Lipinski definition) is 2. The first kappa shape index (κ1) is 16.4. The number of hydrogen-bond donors (Lipinski definition) is 2. The second-order valence-electron chi connectivity index (χ2n) is 6.72. The monoisotopic (exact) mass is 376 g/mol. The summed E-state index contributed by atoms with van der Waals surface area (Å²) in [5, 5.41) is 15.8. The van der Waals surface area contributed by atoms with Gasteiger partial charge in [0, 0.05) is 39.0 Å². The summed E-state index contributed by atoms with van der Waals surface area (Å²) in [6, 6.07) is 17.6. The number of fused-ring (bicyclic) bond motifs is 5. The van der Waals surface area contributed by atoms with Crippen molar-refractivity contribution in [1.29, 1.82) is 0 Å². The van der Waals surface area contributed by atoms with Gasteiger partial charge >= 0.3 is 0 Å². The number of carbonyl (C=O) groups is 1. The highest BCUT2D eigenvalue weighted by atomic mass is 35.5. The highest BCUT2D eigenvalue weighted by Gasteiger charge is 2.34. The Kier molecular flexibility index (Phi) is 3.54. The number of rotatable bonds is 2. The van der Waals surface area contributed by atoms with Gasteiger partial charge in [-0.05, 0) is 30.7 Å². The number of halogens is 1. The van der Waals surface area contributed by atoms with Crippen molar-refractivity contribution in [3.63, 3.8) is 0 Å². The van der Waals surface area contributed by atoms with Crippen LogP contribution in [-0.2, 0) is 6.54 Å². The maximum absolute atomic E-state index is 12.7. The second kappa shape index (κ2) is 5.84. The number of aliphatic hydroxyl groups excluding tert-OH is 1. The molecule has 5 rings (SSSR count). The van der Waals surface area contributed by atoms with Gasteiger partial charge in [0.15, 0.2) is 6.23 Å². The fourth-order valence-corrected chi connectivity index (χ4v) is 4.49. The Labute approximate surface area is 161 Å². The lowest BCUT2D eigenvalue weighted by molar-refractivity contribution is 0.0852. The molecule has 1 atom stereocenters. The Morgan fingerprint density at radius 2 is 1.81 bits per heavy atom. The molecule has 0 radical (unpaired) electrons. The maximum atomic E-state index is 12.7. The highest BCUT2D eigenvalue weighted by Crippen LogP contribution is 2.44. The first-order valence-corrected chi connectivity index (χ1v) is 9.31. The van der Waals surface area contributed by atoms with E-state index in [-0.39, 0.29) is 5.91 Å². The van der Waals surface area contributed by atoms with Gasteiger partial charge in [0.05, 0.1) is 11.1 Å². The van der Waals surface area contributed by atoms with Gasteiger partial charge in [-0.2, -0.15) is 0 Å². The van der Waals surface area contributed by atoms with Crippen molar-refractivity contribution < 1.29 is 9.90 Å². The number of aliphatic hydroxyl groups is 1. The van der Waals surface area contributed by atoms with Gasteiger partial charge < -0.3 is 15.0 Å². The molecule has 4 nitrogen and oxygen atoms in total. The van der Waals surface area contributed by atoms with E-state index in [0.29, 0.717) is 16.1 Å². The molecular formula is C22H17ClN2O2. The number of carbonyl (C=O) groups excluding carboxylic acids is 1. The summed E-state index contributed by atoms with van der Waals surface area (Å²) in [7, 11) is 0. The van der Waals surface area contributed by atoms with Gasteiger partial charge in [0.2, 0.25) is 0 Å². The number of aryl methyl sites for hydroxylation is 1. The molecule has 1 unspecified atom stereocenters. The summed E-state index contributed by atoms with van der Waals surface area (Å²) in [6.45, 7) is 2.87. The van der Waals surface area contributed by atoms with E-state index < -0.39 is 6.23 Å². The number of amides is 1. The van der Waals surface area contributed by atoms with E-state index in [0.717, 1.165) is 39.5 Å². The molecule has 27 heavy (non-hydrogen) atoms. The molecule has 134 valence electrons. The Bertz CT molecular complexity index is 1240. The van der Waals surface area contributed by atoms with Crippen LogP contribution in [0.25, 0.3) is 32.9 Å². The van der Waals surface area contributed by atoms with E-state index in [1.54, 1.807) is 0 Å². The fraction of sp³-hybridized carbons (Fsp3) is 0.136. The second-order valence-corrected chi connectivity index (χ2v) is 7.13. The lowest BCUT2D eigenvalue weighted by atomic mass is 9.92. The first-order chi connectivity index (χ1) is 13.1. The fourth-order valence-electron chi connectivity index (χ4n) is 4.25. The zero-order valence-electron chi connectivity index (χ0n) is 14.7. The van der Waals surface area contributed by atoms with Crippen LogP contribution in [0.2, 0.25) is 5.02 Å². The summed E-state index contributed by atoms with van der Waals surface area (Å²) in [4.78, 5) is 12.7. The molecule has 0 spiro atoms. The number of benzene rings is 3. The molecule has 2 heterocycles. The third kappa shape index (κ3) is 2.17. The molecule has 0 saturated heterocycles. The maximum Gasteiger partial charge on any atom is 0.254 e. The molecular weight excluding hydrogens is 360 g/mol. The number of para-hydroxylation sites is 1. The molecule has 0 bridgehead atoms. The topological polar surface area (TPSA) is 54.3 Å². The van der Waals surface area contributed by atoms with Crippen LogP contribution in [0.15, 0.2) is 54.6 Å². The van der Waals surface area contributed by atoms with Gasteiger partial charge in [-0.25, -0.2) is 0 Å². The van der Waals surface area contributed by atoms with Crippen LogP contribution in [0.3, 0.4) is 0 Å². The van der Waals surface area contributed by atoms with Crippen molar-refractivity contribution in [3.05, 3.63) is 70.7 Å². The standard InChI is InChI=1S/C22H17ClN2O2/c1-2-25-16-10-6-4-8-13(16)18-17(25)11-14(12-7-3-5-9-15(12)23)19-20(18)22(27)24-21(19)26/h3-11,22,27H,2H2,1H3,(H,24,26). The zero-order valence-corrected chi connectivity index (χ0v) is 15.4. The quantitative estimate of drug-likeness (QED) is 0.524. The number of nitrogens with zero attached hydrogens (tertiary/aromatic N) is 1. The summed E-state index contributed by atoms with van der Waals surface area (Å²) in [5.74, 6) is -0.275. The molecule has 5 heteroatoms. The molecule has 3 aromatic carbocycles. The number of aromatic nitrogens is 1. The Hall–Kier alpha value is -2.82. The van der Waals surface area contributed by atoms with E-state index in [1.807, 2.05) is 48.5 Å². The van der Waals surface area contributed by atoms with Gasteiger partial charge in [-0.3, -0.25) is 4.79 Å². The van der Waals surface area contributed by atoms with E-state index >= 15 is 0 Å². The molecule has 4 aromatic rings. The molecule has 1 aromatic heterocycles. The van der Waals surface area contributed by atoms with E-state index in [1.165, 1.54) is 0 Å². The minimum atomic E-state index is -1.03. The van der Waals surface area contributed by atoms with Gasteiger partial charge in [0.25, 0.3) is 5.91 Å². The molecule has 1 amide bonds. The van der Waals surface area contributed by atoms with Crippen molar-refractivity contribution >= 4 is 39.3 Å². The van der Waals surface area contributed by atoms with E-state index in [4.69, 9.17) is 11.6 Å². The summed E-state index contributed by atoms with van der Waals surface area (Å²) in [5.41, 5.74) is 4.74. The predicted molar refractivity (Wildman–Crippen MR) is 108 cm³/mol. The Morgan fingerprint density at radius 3 is 2.59 bits per heavy atom. The van der Waals surface area contributed by atoms with E-state index in [2.05, 4.69) is 22.9 Å². The zero-order chi connectivity index (χ0) is 18.7. The van der Waals surface area contributed by atoms with Gasteiger partial charge in [0.1, 0.15) is 0 Å². The smallest absolute Gasteiger partial charge is 0.254 e. The van der Waals surface area contributed by atoms with Crippen LogP contribution >= 0.6 is 11.6 Å². The lowest BCUT2D eigenvalue weighted by Crippen LogP contribution is -2.18. The Morgan fingerprint density at radius 1 is 1.07 bits per heavy atom. The molecule has 2 N–H and O–H groups in total. The van der Waals surface area contributed by atoms with Crippen molar-refractivity contribution in [2.45, 2.75) is 19.7 Å². The van der Waals surface area contributed by atoms with Crippen LogP contribution in [0.5, 0.6) is 0 Å². The number of nitrogens with one attached hydrogen (secondary N) is 1. The van der Waals surface area contributed by atoms with Crippen molar-refractivity contribution in [1.82, 2.24) is 9.88 Å². The molecule has 0 saturated carbocycles. The molecule has 1 aliphatic heterocycles. The normalized spacial score (nSPS) is 16.1. The minimum absolute atomic E-state index is 0.275. The lowest BCUT2D eigenvalue weighted by Gasteiger charge is -2.13. The highest BCUT2D eigenvalue weighted by molar-refractivity contribution is 6.34. The van der Waals surface area contributed by atoms with Crippen LogP contribution in [0, 0.1) is 0 Å². The van der Waals surface area contributed by atoms with Gasteiger partial charge in [-0.15, -0.1) is 0 Å². The van der Waals surface area contributed by atoms with Crippen LogP contribution in [-0.4, -0.2) is 15.6 Å². The average molecular weight is 377 g/mol. The van der Waals surface area contributed by atoms with Crippen LogP contribution in [0.4, 0.5) is 0 Å². The largest absolute Gasteiger partial charge is 0.369 e. The summed E-state index contributed by atoms with van der Waals surface area (Å²) < 4.78 is 2.21.